The lowest BCUT2D eigenvalue weighted by Gasteiger charge is -2.28. The number of Topliss-reactive ketones (excluding diaryl/α,β-unsaturated/α-hetero) is 1. The molecule has 22 heavy (non-hydrogen) atoms. The lowest BCUT2D eigenvalue weighted by Crippen LogP contribution is -2.36. The molecule has 0 spiro atoms. The Morgan fingerprint density at radius 1 is 1.09 bits per heavy atom. The summed E-state index contributed by atoms with van der Waals surface area (Å²) >= 11 is 0. The molecule has 1 saturated heterocycles. The molecule has 1 atom stereocenters. The van der Waals surface area contributed by atoms with Gasteiger partial charge in [-0.1, -0.05) is 36.4 Å². The van der Waals surface area contributed by atoms with Crippen LogP contribution in [0.25, 0.3) is 0 Å². The highest BCUT2D eigenvalue weighted by atomic mass is 16.5. The van der Waals surface area contributed by atoms with Crippen LogP contribution in [-0.2, 0) is 9.53 Å². The molecule has 0 amide bonds. The molecule has 0 saturated carbocycles. The normalized spacial score (nSPS) is 16.3. The smallest absolute Gasteiger partial charge is 0.141 e. The summed E-state index contributed by atoms with van der Waals surface area (Å²) < 4.78 is 5.36. The standard InChI is InChI=1S/C18H20N2O2/c1-14(21)18(15-5-3-2-4-6-15)16-7-8-17(19-13-16)20-9-11-22-12-10-20/h2-8,13,18H,9-12H2,1H3. The Kier molecular flexibility index (Phi) is 4.49. The fraction of sp³-hybridized carbons (Fsp3) is 0.333. The van der Waals surface area contributed by atoms with Gasteiger partial charge in [-0.2, -0.15) is 0 Å². The zero-order valence-electron chi connectivity index (χ0n) is 12.7. The van der Waals surface area contributed by atoms with Crippen molar-refractivity contribution >= 4 is 11.6 Å². The number of anilines is 1. The first kappa shape index (κ1) is 14.7. The number of hydrogen-bond donors (Lipinski definition) is 0. The SMILES string of the molecule is CC(=O)C(c1ccccc1)c1ccc(N2CCOCC2)nc1. The third-order valence-electron chi connectivity index (χ3n) is 3.98. The molecular formula is C18H20N2O2. The summed E-state index contributed by atoms with van der Waals surface area (Å²) in [4.78, 5) is 18.8. The Morgan fingerprint density at radius 2 is 1.82 bits per heavy atom. The summed E-state index contributed by atoms with van der Waals surface area (Å²) in [5, 5.41) is 0. The highest BCUT2D eigenvalue weighted by Crippen LogP contribution is 2.26. The molecule has 0 N–H and O–H groups in total. The van der Waals surface area contributed by atoms with Crippen LogP contribution in [0.5, 0.6) is 0 Å². The number of morpholine rings is 1. The monoisotopic (exact) mass is 296 g/mol. The first-order valence-corrected chi connectivity index (χ1v) is 7.60. The molecule has 114 valence electrons. The van der Waals surface area contributed by atoms with Crippen LogP contribution >= 0.6 is 0 Å². The third kappa shape index (κ3) is 3.17. The van der Waals surface area contributed by atoms with E-state index in [1.165, 1.54) is 0 Å². The number of aromatic nitrogens is 1. The molecule has 2 aromatic rings. The van der Waals surface area contributed by atoms with E-state index in [9.17, 15) is 4.79 Å². The number of hydrogen-bond acceptors (Lipinski definition) is 4. The predicted octanol–water partition coefficient (Wildman–Crippen LogP) is 2.64. The molecule has 1 fully saturated rings. The topological polar surface area (TPSA) is 42.4 Å². The van der Waals surface area contributed by atoms with Crippen LogP contribution < -0.4 is 4.90 Å². The van der Waals surface area contributed by atoms with Gasteiger partial charge in [0.25, 0.3) is 0 Å². The largest absolute Gasteiger partial charge is 0.378 e. The van der Waals surface area contributed by atoms with Crippen LogP contribution in [-0.4, -0.2) is 37.1 Å². The Balaban J connectivity index is 1.85. The quantitative estimate of drug-likeness (QED) is 0.870. The summed E-state index contributed by atoms with van der Waals surface area (Å²) in [5.74, 6) is 0.835. The predicted molar refractivity (Wildman–Crippen MR) is 86.2 cm³/mol. The van der Waals surface area contributed by atoms with Gasteiger partial charge in [-0.25, -0.2) is 4.98 Å². The van der Waals surface area contributed by atoms with E-state index in [0.29, 0.717) is 0 Å². The Hall–Kier alpha value is -2.20. The fourth-order valence-corrected chi connectivity index (χ4v) is 2.86. The van der Waals surface area contributed by atoms with Crippen LogP contribution in [0.3, 0.4) is 0 Å². The molecule has 1 aromatic carbocycles. The van der Waals surface area contributed by atoms with Gasteiger partial charge in [-0.15, -0.1) is 0 Å². The van der Waals surface area contributed by atoms with Crippen LogP contribution in [0.1, 0.15) is 24.0 Å². The van der Waals surface area contributed by atoms with E-state index in [2.05, 4.69) is 9.88 Å². The zero-order valence-corrected chi connectivity index (χ0v) is 12.7. The minimum atomic E-state index is -0.243. The summed E-state index contributed by atoms with van der Waals surface area (Å²) in [5.41, 5.74) is 1.95. The van der Waals surface area contributed by atoms with Crippen LogP contribution in [0.2, 0.25) is 0 Å². The molecule has 2 heterocycles. The van der Waals surface area contributed by atoms with Crippen molar-refractivity contribution in [3.05, 3.63) is 59.8 Å². The summed E-state index contributed by atoms with van der Waals surface area (Å²) in [6.07, 6.45) is 1.82. The van der Waals surface area contributed by atoms with Crippen molar-refractivity contribution in [2.75, 3.05) is 31.2 Å². The number of nitrogens with zero attached hydrogens (tertiary/aromatic N) is 2. The molecular weight excluding hydrogens is 276 g/mol. The van der Waals surface area contributed by atoms with Crippen molar-refractivity contribution < 1.29 is 9.53 Å². The third-order valence-corrected chi connectivity index (χ3v) is 3.98. The fourth-order valence-electron chi connectivity index (χ4n) is 2.86. The Labute approximate surface area is 130 Å². The first-order chi connectivity index (χ1) is 10.8. The number of rotatable bonds is 4. The van der Waals surface area contributed by atoms with Crippen molar-refractivity contribution in [2.45, 2.75) is 12.8 Å². The van der Waals surface area contributed by atoms with Crippen molar-refractivity contribution in [3.63, 3.8) is 0 Å². The summed E-state index contributed by atoms with van der Waals surface area (Å²) in [7, 11) is 0. The van der Waals surface area contributed by atoms with Gasteiger partial charge in [-0.3, -0.25) is 4.79 Å². The zero-order chi connectivity index (χ0) is 15.4. The first-order valence-electron chi connectivity index (χ1n) is 7.60. The molecule has 1 aromatic heterocycles. The second kappa shape index (κ2) is 6.71. The summed E-state index contributed by atoms with van der Waals surface area (Å²) in [6, 6.07) is 13.9. The highest BCUT2D eigenvalue weighted by molar-refractivity contribution is 5.86. The maximum Gasteiger partial charge on any atom is 0.141 e. The molecule has 1 unspecified atom stereocenters. The van der Waals surface area contributed by atoms with Crippen LogP contribution in [0, 0.1) is 0 Å². The van der Waals surface area contributed by atoms with Gasteiger partial charge in [0.05, 0.1) is 19.1 Å². The van der Waals surface area contributed by atoms with Crippen molar-refractivity contribution in [1.82, 2.24) is 4.98 Å². The van der Waals surface area contributed by atoms with Crippen LogP contribution in [0.4, 0.5) is 5.82 Å². The van der Waals surface area contributed by atoms with E-state index in [1.807, 2.05) is 48.7 Å². The van der Waals surface area contributed by atoms with E-state index >= 15 is 0 Å². The lowest BCUT2D eigenvalue weighted by molar-refractivity contribution is -0.117. The number of ether oxygens (including phenoxy) is 1. The minimum Gasteiger partial charge on any atom is -0.378 e. The van der Waals surface area contributed by atoms with Gasteiger partial charge in [0.1, 0.15) is 11.6 Å². The maximum absolute atomic E-state index is 12.1. The van der Waals surface area contributed by atoms with E-state index < -0.39 is 0 Å². The van der Waals surface area contributed by atoms with E-state index in [1.54, 1.807) is 6.92 Å². The minimum absolute atomic E-state index is 0.132. The van der Waals surface area contributed by atoms with E-state index in [0.717, 1.165) is 43.2 Å². The summed E-state index contributed by atoms with van der Waals surface area (Å²) in [6.45, 7) is 4.84. The molecule has 0 radical (unpaired) electrons. The van der Waals surface area contributed by atoms with Gasteiger partial charge >= 0.3 is 0 Å². The van der Waals surface area contributed by atoms with Crippen molar-refractivity contribution in [1.29, 1.82) is 0 Å². The van der Waals surface area contributed by atoms with Crippen LogP contribution in [0.15, 0.2) is 48.7 Å². The van der Waals surface area contributed by atoms with Gasteiger partial charge in [-0.05, 0) is 24.1 Å². The average molecular weight is 296 g/mol. The van der Waals surface area contributed by atoms with Crippen molar-refractivity contribution in [3.8, 4) is 0 Å². The molecule has 1 aliphatic rings. The molecule has 4 heteroatoms. The lowest BCUT2D eigenvalue weighted by atomic mass is 9.89. The van der Waals surface area contributed by atoms with Gasteiger partial charge in [0, 0.05) is 19.3 Å². The Morgan fingerprint density at radius 3 is 2.41 bits per heavy atom. The van der Waals surface area contributed by atoms with Gasteiger partial charge in [0.15, 0.2) is 0 Å². The second-order valence-corrected chi connectivity index (χ2v) is 5.50. The number of carbonyl (C=O) groups is 1. The number of ketones is 1. The molecule has 1 aliphatic heterocycles. The molecule has 3 rings (SSSR count). The second-order valence-electron chi connectivity index (χ2n) is 5.50. The van der Waals surface area contributed by atoms with E-state index in [-0.39, 0.29) is 11.7 Å². The number of carbonyl (C=O) groups excluding carboxylic acids is 1. The highest BCUT2D eigenvalue weighted by Gasteiger charge is 2.20. The molecule has 0 bridgehead atoms. The Bertz CT molecular complexity index is 619. The van der Waals surface area contributed by atoms with E-state index in [4.69, 9.17) is 4.74 Å². The van der Waals surface area contributed by atoms with Crippen molar-refractivity contribution in [2.24, 2.45) is 0 Å². The number of pyridine rings is 1. The average Bonchev–Trinajstić information content (AvgIpc) is 2.57. The van der Waals surface area contributed by atoms with Gasteiger partial charge < -0.3 is 9.64 Å². The molecule has 0 aliphatic carbocycles. The van der Waals surface area contributed by atoms with Gasteiger partial charge in [0.2, 0.25) is 0 Å². The molecule has 4 nitrogen and oxygen atoms in total. The number of benzene rings is 1. The maximum atomic E-state index is 12.1.